The lowest BCUT2D eigenvalue weighted by Gasteiger charge is -2.31. The van der Waals surface area contributed by atoms with Gasteiger partial charge in [-0.1, -0.05) is 37.3 Å². The summed E-state index contributed by atoms with van der Waals surface area (Å²) in [5, 5.41) is 5.24. The Labute approximate surface area is 142 Å². The summed E-state index contributed by atoms with van der Waals surface area (Å²) >= 11 is 0. The third kappa shape index (κ3) is 3.52. The van der Waals surface area contributed by atoms with Crippen LogP contribution in [0.4, 0.5) is 0 Å². The van der Waals surface area contributed by atoms with Crippen LogP contribution in [-0.2, 0) is 16.1 Å². The van der Waals surface area contributed by atoms with Gasteiger partial charge in [-0.3, -0.25) is 9.69 Å². The molecule has 1 atom stereocenters. The molecule has 0 spiro atoms. The number of methoxy groups -OCH3 is 1. The van der Waals surface area contributed by atoms with Crippen LogP contribution in [0, 0.1) is 0 Å². The van der Waals surface area contributed by atoms with Crippen molar-refractivity contribution in [2.75, 3.05) is 33.4 Å². The maximum Gasteiger partial charge on any atom is 0.250 e. The Morgan fingerprint density at radius 2 is 2.17 bits per heavy atom. The normalized spacial score (nSPS) is 18.5. The topological polar surface area (TPSA) is 50.8 Å². The van der Waals surface area contributed by atoms with Gasteiger partial charge in [-0.25, -0.2) is 0 Å². The second-order valence-electron chi connectivity index (χ2n) is 5.94. The molecule has 5 heteroatoms. The van der Waals surface area contributed by atoms with E-state index in [1.807, 2.05) is 24.3 Å². The van der Waals surface area contributed by atoms with E-state index in [0.717, 1.165) is 35.2 Å². The van der Waals surface area contributed by atoms with Gasteiger partial charge >= 0.3 is 0 Å². The molecular weight excluding hydrogens is 304 g/mol. The molecule has 1 fully saturated rings. The Bertz CT molecular complexity index is 717. The van der Waals surface area contributed by atoms with Crippen molar-refractivity contribution in [2.45, 2.75) is 19.6 Å². The third-order valence-corrected chi connectivity index (χ3v) is 4.55. The number of amides is 1. The number of hydrogen-bond donors (Lipinski definition) is 1. The zero-order valence-electron chi connectivity index (χ0n) is 14.2. The van der Waals surface area contributed by atoms with Crippen molar-refractivity contribution in [3.63, 3.8) is 0 Å². The van der Waals surface area contributed by atoms with Gasteiger partial charge in [0.25, 0.3) is 5.91 Å². The highest BCUT2D eigenvalue weighted by molar-refractivity contribution is 5.88. The molecule has 2 aromatic rings. The molecule has 0 aromatic heterocycles. The Kier molecular flexibility index (Phi) is 5.33. The highest BCUT2D eigenvalue weighted by atomic mass is 16.5. The van der Waals surface area contributed by atoms with E-state index in [2.05, 4.69) is 29.3 Å². The van der Waals surface area contributed by atoms with Gasteiger partial charge in [-0.2, -0.15) is 0 Å². The molecule has 3 rings (SSSR count). The number of carbonyl (C=O) groups excluding carboxylic acids is 1. The van der Waals surface area contributed by atoms with Gasteiger partial charge in [0.2, 0.25) is 0 Å². The number of nitrogens with zero attached hydrogens (tertiary/aromatic N) is 1. The van der Waals surface area contributed by atoms with Crippen molar-refractivity contribution in [1.82, 2.24) is 10.2 Å². The summed E-state index contributed by atoms with van der Waals surface area (Å²) in [5.74, 6) is 0.719. The number of hydrogen-bond acceptors (Lipinski definition) is 4. The summed E-state index contributed by atoms with van der Waals surface area (Å²) in [4.78, 5) is 14.7. The Morgan fingerprint density at radius 3 is 2.96 bits per heavy atom. The number of nitrogens with one attached hydrogen (secondary N) is 1. The van der Waals surface area contributed by atoms with Gasteiger partial charge in [0.15, 0.2) is 0 Å². The Hall–Kier alpha value is -2.11. The zero-order valence-corrected chi connectivity index (χ0v) is 14.2. The van der Waals surface area contributed by atoms with E-state index in [1.54, 1.807) is 7.11 Å². The number of likely N-dealkylation sites (N-methyl/N-ethyl adjacent to an activating group) is 1. The van der Waals surface area contributed by atoms with Crippen LogP contribution in [0.3, 0.4) is 0 Å². The number of morpholine rings is 1. The monoisotopic (exact) mass is 328 g/mol. The number of fused-ring (bicyclic) bond motifs is 1. The van der Waals surface area contributed by atoms with Crippen molar-refractivity contribution in [1.29, 1.82) is 0 Å². The Balaban J connectivity index is 1.74. The molecule has 1 aliphatic heterocycles. The van der Waals surface area contributed by atoms with Crippen molar-refractivity contribution in [3.05, 3.63) is 42.0 Å². The average molecular weight is 328 g/mol. The van der Waals surface area contributed by atoms with Crippen LogP contribution in [0.2, 0.25) is 0 Å². The predicted octanol–water partition coefficient (Wildman–Crippen LogP) is 2.19. The first-order chi connectivity index (χ1) is 11.7. The minimum absolute atomic E-state index is 0.0665. The molecule has 2 aromatic carbocycles. The molecule has 0 aliphatic carbocycles. The molecule has 0 bridgehead atoms. The summed E-state index contributed by atoms with van der Waals surface area (Å²) in [6.07, 6.45) is -0.403. The molecule has 1 amide bonds. The van der Waals surface area contributed by atoms with Crippen molar-refractivity contribution in [3.8, 4) is 5.75 Å². The van der Waals surface area contributed by atoms with Gasteiger partial charge in [0.05, 0.1) is 13.7 Å². The zero-order chi connectivity index (χ0) is 16.9. The molecule has 1 N–H and O–H groups in total. The molecule has 5 nitrogen and oxygen atoms in total. The average Bonchev–Trinajstić information content (AvgIpc) is 2.65. The van der Waals surface area contributed by atoms with Gasteiger partial charge in [0.1, 0.15) is 11.9 Å². The summed E-state index contributed by atoms with van der Waals surface area (Å²) in [5.41, 5.74) is 0.993. The standard InChI is InChI=1S/C19H24N2O3/c1-3-21-10-11-24-18(13-21)19(22)20-12-16-15-7-5-4-6-14(15)8-9-17(16)23-2/h4-9,18H,3,10-13H2,1-2H3,(H,20,22)/t18-/m0/s1. The first kappa shape index (κ1) is 16.7. The largest absolute Gasteiger partial charge is 0.496 e. The summed E-state index contributed by atoms with van der Waals surface area (Å²) in [6, 6.07) is 12.1. The SMILES string of the molecule is CCN1CCO[C@H](C(=O)NCc2c(OC)ccc3ccccc23)C1. The lowest BCUT2D eigenvalue weighted by molar-refractivity contribution is -0.138. The fourth-order valence-corrected chi connectivity index (χ4v) is 3.13. The van der Waals surface area contributed by atoms with E-state index in [-0.39, 0.29) is 5.91 Å². The predicted molar refractivity (Wildman–Crippen MR) is 94.2 cm³/mol. The first-order valence-corrected chi connectivity index (χ1v) is 8.39. The van der Waals surface area contributed by atoms with E-state index in [1.165, 1.54) is 0 Å². The van der Waals surface area contributed by atoms with Gasteiger partial charge in [-0.15, -0.1) is 0 Å². The van der Waals surface area contributed by atoms with Crippen LogP contribution in [0.25, 0.3) is 10.8 Å². The second-order valence-corrected chi connectivity index (χ2v) is 5.94. The number of rotatable bonds is 5. The smallest absolute Gasteiger partial charge is 0.250 e. The maximum atomic E-state index is 12.5. The van der Waals surface area contributed by atoms with Gasteiger partial charge < -0.3 is 14.8 Å². The minimum Gasteiger partial charge on any atom is -0.496 e. The molecular formula is C19H24N2O3. The van der Waals surface area contributed by atoms with Crippen LogP contribution in [0.1, 0.15) is 12.5 Å². The highest BCUT2D eigenvalue weighted by Crippen LogP contribution is 2.27. The van der Waals surface area contributed by atoms with Crippen molar-refractivity contribution < 1.29 is 14.3 Å². The van der Waals surface area contributed by atoms with Gasteiger partial charge in [0, 0.05) is 25.2 Å². The van der Waals surface area contributed by atoms with Crippen molar-refractivity contribution >= 4 is 16.7 Å². The molecule has 128 valence electrons. The summed E-state index contributed by atoms with van der Waals surface area (Å²) in [6.45, 7) is 5.59. The van der Waals surface area contributed by atoms with Crippen LogP contribution >= 0.6 is 0 Å². The van der Waals surface area contributed by atoms with E-state index in [9.17, 15) is 4.79 Å². The van der Waals surface area contributed by atoms with E-state index >= 15 is 0 Å². The highest BCUT2D eigenvalue weighted by Gasteiger charge is 2.25. The summed E-state index contributed by atoms with van der Waals surface area (Å²) < 4.78 is 11.1. The molecule has 1 heterocycles. The second kappa shape index (κ2) is 7.64. The molecule has 0 unspecified atom stereocenters. The fraction of sp³-hybridized carbons (Fsp3) is 0.421. The molecule has 1 saturated heterocycles. The number of ether oxygens (including phenoxy) is 2. The van der Waals surface area contributed by atoms with Crippen LogP contribution in [0.15, 0.2) is 36.4 Å². The molecule has 24 heavy (non-hydrogen) atoms. The van der Waals surface area contributed by atoms with Gasteiger partial charge in [-0.05, 0) is 23.4 Å². The minimum atomic E-state index is -0.403. The fourth-order valence-electron chi connectivity index (χ4n) is 3.13. The third-order valence-electron chi connectivity index (χ3n) is 4.55. The van der Waals surface area contributed by atoms with E-state index in [4.69, 9.17) is 9.47 Å². The van der Waals surface area contributed by atoms with Crippen LogP contribution in [-0.4, -0.2) is 50.3 Å². The van der Waals surface area contributed by atoms with E-state index < -0.39 is 6.10 Å². The first-order valence-electron chi connectivity index (χ1n) is 8.39. The number of carbonyl (C=O) groups is 1. The van der Waals surface area contributed by atoms with E-state index in [0.29, 0.717) is 19.7 Å². The molecule has 0 radical (unpaired) electrons. The molecule has 0 saturated carbocycles. The summed E-state index contributed by atoms with van der Waals surface area (Å²) in [7, 11) is 1.65. The number of benzene rings is 2. The van der Waals surface area contributed by atoms with Crippen LogP contribution in [0.5, 0.6) is 5.75 Å². The Morgan fingerprint density at radius 1 is 1.33 bits per heavy atom. The lowest BCUT2D eigenvalue weighted by atomic mass is 10.0. The quantitative estimate of drug-likeness (QED) is 0.914. The maximum absolute atomic E-state index is 12.5. The van der Waals surface area contributed by atoms with Crippen molar-refractivity contribution in [2.24, 2.45) is 0 Å². The molecule has 1 aliphatic rings. The van der Waals surface area contributed by atoms with Crippen LogP contribution < -0.4 is 10.1 Å². The lowest BCUT2D eigenvalue weighted by Crippen LogP contribution is -2.49.